The molecule has 3 aliphatic carbocycles. The van der Waals surface area contributed by atoms with Gasteiger partial charge in [0.2, 0.25) is 0 Å². The van der Waals surface area contributed by atoms with Crippen molar-refractivity contribution in [3.8, 4) is 12.3 Å². The van der Waals surface area contributed by atoms with E-state index in [-0.39, 0.29) is 29.5 Å². The van der Waals surface area contributed by atoms with Gasteiger partial charge >= 0.3 is 12.0 Å². The molecule has 0 amide bonds. The predicted octanol–water partition coefficient (Wildman–Crippen LogP) is 0.970. The molecule has 1 fully saturated rings. The number of nitrogens with two attached hydrogens (primary N) is 1. The van der Waals surface area contributed by atoms with Crippen LogP contribution in [0, 0.1) is 23.8 Å². The van der Waals surface area contributed by atoms with Crippen LogP contribution in [0.2, 0.25) is 0 Å². The van der Waals surface area contributed by atoms with Crippen LogP contribution in [-0.2, 0) is 20.8 Å². The number of hydrogen-bond acceptors (Lipinski definition) is 8. The largest absolute Gasteiger partial charge is 0.456 e. The molecule has 0 aromatic carbocycles. The third-order valence-electron chi connectivity index (χ3n) is 6.06. The van der Waals surface area contributed by atoms with Crippen LogP contribution in [0.4, 0.5) is 10.2 Å². The van der Waals surface area contributed by atoms with Crippen molar-refractivity contribution in [1.29, 1.82) is 0 Å². The first-order chi connectivity index (χ1) is 14.4. The fraction of sp³-hybridized carbons (Fsp3) is 0.500. The Kier molecular flexibility index (Phi) is 4.95. The summed E-state index contributed by atoms with van der Waals surface area (Å²) in [7, 11) is 1.33. The van der Waals surface area contributed by atoms with E-state index in [1.165, 1.54) is 23.6 Å². The van der Waals surface area contributed by atoms with Gasteiger partial charge in [0, 0.05) is 7.11 Å². The first-order valence-corrected chi connectivity index (χ1v) is 9.53. The molecular weight excluding hydrogens is 393 g/mol. The number of allylic oxidation sites excluding steroid dienone is 2. The van der Waals surface area contributed by atoms with Crippen molar-refractivity contribution in [1.82, 2.24) is 19.5 Å². The number of hydrogen-bond donors (Lipinski definition) is 2. The number of carbonyl (C=O) groups is 1. The van der Waals surface area contributed by atoms with E-state index < -0.39 is 29.8 Å². The lowest BCUT2D eigenvalue weighted by molar-refractivity contribution is -0.182. The Hall–Kier alpha value is -3.03. The maximum Gasteiger partial charge on any atom is 0.313 e. The van der Waals surface area contributed by atoms with Gasteiger partial charge in [-0.2, -0.15) is 14.4 Å². The number of nitrogens with zero attached hydrogens (tertiary/aromatic N) is 4. The maximum absolute atomic E-state index is 13.7. The van der Waals surface area contributed by atoms with E-state index in [4.69, 9.17) is 21.6 Å². The number of methoxy groups -OCH3 is 1. The average Bonchev–Trinajstić information content (AvgIpc) is 3.12. The fourth-order valence-electron chi connectivity index (χ4n) is 4.22. The summed E-state index contributed by atoms with van der Waals surface area (Å²) in [6.45, 7) is -0.663. The number of esters is 1. The molecule has 1 unspecified atom stereocenters. The van der Waals surface area contributed by atoms with Crippen LogP contribution in [0.3, 0.4) is 0 Å². The van der Waals surface area contributed by atoms with Crippen LogP contribution < -0.4 is 5.73 Å². The summed E-state index contributed by atoms with van der Waals surface area (Å²) in [5.74, 6) is 1.90. The van der Waals surface area contributed by atoms with E-state index in [2.05, 4.69) is 26.9 Å². The second-order valence-electron chi connectivity index (χ2n) is 7.77. The Balaban J connectivity index is 1.67. The Morgan fingerprint density at radius 1 is 1.53 bits per heavy atom. The van der Waals surface area contributed by atoms with Gasteiger partial charge in [-0.3, -0.25) is 4.79 Å². The molecule has 1 saturated carbocycles. The molecule has 5 rings (SSSR count). The summed E-state index contributed by atoms with van der Waals surface area (Å²) in [4.78, 5) is 24.4. The highest BCUT2D eigenvalue weighted by Gasteiger charge is 2.52. The zero-order valence-electron chi connectivity index (χ0n) is 16.5. The number of halogens is 1. The second-order valence-corrected chi connectivity index (χ2v) is 7.77. The summed E-state index contributed by atoms with van der Waals surface area (Å²) in [5.41, 5.74) is 5.11. The third kappa shape index (κ3) is 3.11. The van der Waals surface area contributed by atoms with E-state index in [1.54, 1.807) is 0 Å². The van der Waals surface area contributed by atoms with Crippen LogP contribution >= 0.6 is 0 Å². The van der Waals surface area contributed by atoms with E-state index in [0.717, 1.165) is 6.42 Å². The van der Waals surface area contributed by atoms with Crippen LogP contribution in [0.25, 0.3) is 11.2 Å². The number of rotatable bonds is 7. The number of aliphatic hydroxyl groups excluding tert-OH is 1. The molecule has 2 atom stereocenters. The molecule has 158 valence electrons. The molecule has 2 bridgehead atoms. The SMILES string of the molecule is C#CC(CO)(OC)[C@H](Cn1cnc2c(N)nc(F)nc21)OC(=O)C12CCC=C(C1)C2. The molecule has 3 N–H and O–H groups in total. The van der Waals surface area contributed by atoms with Crippen LogP contribution in [0.5, 0.6) is 0 Å². The van der Waals surface area contributed by atoms with Crippen molar-refractivity contribution in [2.24, 2.45) is 5.41 Å². The molecule has 30 heavy (non-hydrogen) atoms. The molecule has 0 aliphatic heterocycles. The molecule has 3 aliphatic rings. The first kappa shape index (κ1) is 20.3. The standard InChI is InChI=1S/C20H22FN5O4/c1-3-20(10-27,29-2)13(30-17(28)19-6-4-5-12(7-19)8-19)9-26-11-23-14-15(22)24-18(21)25-16(14)26/h1,5,11,13,27H,4,6-10H2,2H3,(H2,22,24,25)/t13-,20?/m0/s1. The summed E-state index contributed by atoms with van der Waals surface area (Å²) in [6, 6.07) is 0. The highest BCUT2D eigenvalue weighted by atomic mass is 19.1. The molecule has 10 heteroatoms. The molecule has 0 saturated heterocycles. The smallest absolute Gasteiger partial charge is 0.313 e. The second kappa shape index (κ2) is 7.34. The van der Waals surface area contributed by atoms with Crippen LogP contribution in [0.15, 0.2) is 18.0 Å². The summed E-state index contributed by atoms with van der Waals surface area (Å²) < 4.78 is 26.4. The molecule has 0 spiro atoms. The van der Waals surface area contributed by atoms with Crippen molar-refractivity contribution in [3.05, 3.63) is 24.1 Å². The number of aliphatic hydroxyl groups is 1. The van der Waals surface area contributed by atoms with Crippen molar-refractivity contribution in [2.45, 2.75) is 43.9 Å². The Morgan fingerprint density at radius 3 is 2.90 bits per heavy atom. The lowest BCUT2D eigenvalue weighted by atomic mass is 9.59. The van der Waals surface area contributed by atoms with Gasteiger partial charge in [0.25, 0.3) is 0 Å². The summed E-state index contributed by atoms with van der Waals surface area (Å²) in [5, 5.41) is 9.98. The first-order valence-electron chi connectivity index (χ1n) is 9.53. The lowest BCUT2D eigenvalue weighted by Crippen LogP contribution is -2.53. The van der Waals surface area contributed by atoms with Crippen LogP contribution in [-0.4, -0.2) is 56.0 Å². The van der Waals surface area contributed by atoms with Gasteiger partial charge in [0.1, 0.15) is 5.52 Å². The Bertz CT molecular complexity index is 1060. The zero-order chi connectivity index (χ0) is 21.5. The number of nitrogen functional groups attached to an aromatic ring is 1. The number of carbonyl (C=O) groups excluding carboxylic acids is 1. The van der Waals surface area contributed by atoms with Gasteiger partial charge < -0.3 is 24.9 Å². The normalized spacial score (nSPS) is 19.9. The number of terminal acetylenes is 1. The molecule has 2 aromatic heterocycles. The number of aromatic nitrogens is 4. The molecule has 0 radical (unpaired) electrons. The lowest BCUT2D eigenvalue weighted by Gasteiger charge is -2.46. The van der Waals surface area contributed by atoms with Crippen molar-refractivity contribution >= 4 is 23.0 Å². The summed E-state index contributed by atoms with van der Waals surface area (Å²) >= 11 is 0. The van der Waals surface area contributed by atoms with E-state index in [0.29, 0.717) is 19.3 Å². The number of imidazole rings is 1. The fourth-order valence-corrected chi connectivity index (χ4v) is 4.22. The van der Waals surface area contributed by atoms with E-state index >= 15 is 0 Å². The molecule has 9 nitrogen and oxygen atoms in total. The van der Waals surface area contributed by atoms with Gasteiger partial charge in [-0.25, -0.2) is 4.98 Å². The van der Waals surface area contributed by atoms with Gasteiger partial charge in [-0.1, -0.05) is 17.6 Å². The third-order valence-corrected chi connectivity index (χ3v) is 6.06. The number of ether oxygens (including phenoxy) is 2. The average molecular weight is 415 g/mol. The minimum absolute atomic E-state index is 0.0739. The highest BCUT2D eigenvalue weighted by molar-refractivity contribution is 5.82. The number of anilines is 1. The van der Waals surface area contributed by atoms with Crippen LogP contribution in [0.1, 0.15) is 25.7 Å². The minimum Gasteiger partial charge on any atom is -0.456 e. The van der Waals surface area contributed by atoms with Gasteiger partial charge in [0.15, 0.2) is 23.2 Å². The maximum atomic E-state index is 13.7. The molecule has 2 aromatic rings. The topological polar surface area (TPSA) is 125 Å². The highest BCUT2D eigenvalue weighted by Crippen LogP contribution is 2.53. The van der Waals surface area contributed by atoms with E-state index in [9.17, 15) is 14.3 Å². The Labute approximate surface area is 172 Å². The number of fused-ring (bicyclic) bond motifs is 3. The predicted molar refractivity (Wildman–Crippen MR) is 104 cm³/mol. The van der Waals surface area contributed by atoms with Crippen molar-refractivity contribution in [2.75, 3.05) is 19.5 Å². The minimum atomic E-state index is -1.60. The zero-order valence-corrected chi connectivity index (χ0v) is 16.5. The van der Waals surface area contributed by atoms with Gasteiger partial charge in [-0.05, 0) is 25.7 Å². The summed E-state index contributed by atoms with van der Waals surface area (Å²) in [6.07, 6.45) is 9.92. The van der Waals surface area contributed by atoms with E-state index in [1.807, 2.05) is 0 Å². The van der Waals surface area contributed by atoms with Gasteiger partial charge in [-0.15, -0.1) is 6.42 Å². The van der Waals surface area contributed by atoms with Gasteiger partial charge in [0.05, 0.1) is 24.9 Å². The quantitative estimate of drug-likeness (QED) is 0.297. The Morgan fingerprint density at radius 2 is 2.30 bits per heavy atom. The monoisotopic (exact) mass is 415 g/mol. The molecule has 2 heterocycles. The van der Waals surface area contributed by atoms with Crippen molar-refractivity contribution < 1.29 is 23.8 Å². The van der Waals surface area contributed by atoms with Crippen molar-refractivity contribution in [3.63, 3.8) is 0 Å². The molecular formula is C20H22FN5O4.